The van der Waals surface area contributed by atoms with Crippen LogP contribution >= 0.6 is 0 Å². The third-order valence-electron chi connectivity index (χ3n) is 2.33. The molecule has 0 saturated heterocycles. The fourth-order valence-corrected chi connectivity index (χ4v) is 1.50. The molecule has 0 unspecified atom stereocenters. The third-order valence-corrected chi connectivity index (χ3v) is 2.33. The van der Waals surface area contributed by atoms with E-state index in [1.54, 1.807) is 6.92 Å². The van der Waals surface area contributed by atoms with Crippen molar-refractivity contribution in [3.05, 3.63) is 47.5 Å². The van der Waals surface area contributed by atoms with Crippen LogP contribution in [0.4, 0.5) is 8.78 Å². The van der Waals surface area contributed by atoms with Gasteiger partial charge < -0.3 is 11.1 Å². The summed E-state index contributed by atoms with van der Waals surface area (Å²) in [4.78, 5) is 22.9. The molecule has 0 aromatic heterocycles. The zero-order valence-electron chi connectivity index (χ0n) is 10.4. The average Bonchev–Trinajstić information content (AvgIpc) is 2.25. The summed E-state index contributed by atoms with van der Waals surface area (Å²) in [6.07, 6.45) is 0.166. The van der Waals surface area contributed by atoms with Crippen molar-refractivity contribution in [1.29, 1.82) is 0 Å². The van der Waals surface area contributed by atoms with E-state index in [0.717, 1.165) is 12.1 Å². The lowest BCUT2D eigenvalue weighted by Gasteiger charge is -2.15. The molecule has 0 spiro atoms. The Morgan fingerprint density at radius 3 is 2.26 bits per heavy atom. The fourth-order valence-electron chi connectivity index (χ4n) is 1.50. The minimum absolute atomic E-state index is 0.166. The van der Waals surface area contributed by atoms with Crippen LogP contribution in [0.5, 0.6) is 0 Å². The Morgan fingerprint density at radius 1 is 1.32 bits per heavy atom. The second kappa shape index (κ2) is 6.08. The number of nitrogens with one attached hydrogen (secondary N) is 1. The Morgan fingerprint density at radius 2 is 1.84 bits per heavy atom. The molecule has 3 N–H and O–H groups in total. The molecule has 0 aliphatic rings. The molecule has 0 aliphatic carbocycles. The average molecular weight is 268 g/mol. The van der Waals surface area contributed by atoms with E-state index in [1.807, 2.05) is 0 Å². The van der Waals surface area contributed by atoms with Crippen LogP contribution in [0.1, 0.15) is 23.7 Å². The summed E-state index contributed by atoms with van der Waals surface area (Å²) in [7, 11) is 0. The molecule has 19 heavy (non-hydrogen) atoms. The Kier molecular flexibility index (Phi) is 4.74. The van der Waals surface area contributed by atoms with Crippen molar-refractivity contribution in [2.75, 3.05) is 0 Å². The molecule has 1 rings (SSSR count). The normalized spacial score (nSPS) is 11.7. The van der Waals surface area contributed by atoms with Gasteiger partial charge in [-0.25, -0.2) is 8.78 Å². The Labute approximate surface area is 109 Å². The molecular weight excluding hydrogens is 254 g/mol. The molecule has 102 valence electrons. The molecule has 4 nitrogen and oxygen atoms in total. The first kappa shape index (κ1) is 14.8. The predicted octanol–water partition coefficient (Wildman–Crippen LogP) is 1.51. The molecule has 1 atom stereocenters. The molecule has 0 heterocycles. The van der Waals surface area contributed by atoms with Gasteiger partial charge in [0.15, 0.2) is 0 Å². The van der Waals surface area contributed by atoms with E-state index in [0.29, 0.717) is 11.6 Å². The van der Waals surface area contributed by atoms with Crippen LogP contribution in [0.25, 0.3) is 0 Å². The minimum Gasteiger partial charge on any atom is -0.368 e. The predicted molar refractivity (Wildman–Crippen MR) is 66.2 cm³/mol. The van der Waals surface area contributed by atoms with Crippen molar-refractivity contribution >= 4 is 11.8 Å². The minimum atomic E-state index is -0.962. The largest absolute Gasteiger partial charge is 0.368 e. The maximum atomic E-state index is 13.0. The molecule has 0 saturated carbocycles. The van der Waals surface area contributed by atoms with Gasteiger partial charge in [-0.3, -0.25) is 9.59 Å². The van der Waals surface area contributed by atoms with E-state index in [1.165, 1.54) is 0 Å². The maximum Gasteiger partial charge on any atom is 0.252 e. The second-order valence-electron chi connectivity index (χ2n) is 4.25. The summed E-state index contributed by atoms with van der Waals surface area (Å²) in [5.41, 5.74) is 5.56. The van der Waals surface area contributed by atoms with Crippen molar-refractivity contribution in [2.45, 2.75) is 19.4 Å². The third kappa shape index (κ3) is 4.50. The second-order valence-corrected chi connectivity index (χ2v) is 4.25. The van der Waals surface area contributed by atoms with Gasteiger partial charge in [-0.15, -0.1) is 6.58 Å². The highest BCUT2D eigenvalue weighted by Gasteiger charge is 2.19. The van der Waals surface area contributed by atoms with E-state index >= 15 is 0 Å². The molecule has 0 radical (unpaired) electrons. The number of amides is 2. The SMILES string of the molecule is C=C(C)C[C@H](NC(=O)c1cc(F)cc(F)c1)C(N)=O. The molecule has 2 amide bonds. The highest BCUT2D eigenvalue weighted by molar-refractivity contribution is 5.97. The van der Waals surface area contributed by atoms with Crippen LogP contribution in [0.2, 0.25) is 0 Å². The van der Waals surface area contributed by atoms with Gasteiger partial charge in [0.1, 0.15) is 17.7 Å². The first-order valence-corrected chi connectivity index (χ1v) is 5.50. The number of hydrogen-bond donors (Lipinski definition) is 2. The van der Waals surface area contributed by atoms with Crippen molar-refractivity contribution in [3.63, 3.8) is 0 Å². The van der Waals surface area contributed by atoms with Crippen LogP contribution in [0.15, 0.2) is 30.4 Å². The summed E-state index contributed by atoms with van der Waals surface area (Å²) in [6, 6.07) is 1.43. The highest BCUT2D eigenvalue weighted by Crippen LogP contribution is 2.09. The smallest absolute Gasteiger partial charge is 0.252 e. The zero-order chi connectivity index (χ0) is 14.6. The summed E-state index contributed by atoms with van der Waals surface area (Å²) in [5.74, 6) is -3.27. The Hall–Kier alpha value is -2.24. The summed E-state index contributed by atoms with van der Waals surface area (Å²) in [6.45, 7) is 5.28. The fraction of sp³-hybridized carbons (Fsp3) is 0.231. The summed E-state index contributed by atoms with van der Waals surface area (Å²) < 4.78 is 25.9. The van der Waals surface area contributed by atoms with Crippen molar-refractivity contribution < 1.29 is 18.4 Å². The van der Waals surface area contributed by atoms with Crippen molar-refractivity contribution in [3.8, 4) is 0 Å². The van der Waals surface area contributed by atoms with Crippen molar-refractivity contribution in [1.82, 2.24) is 5.32 Å². The number of halogens is 2. The number of primary amides is 1. The van der Waals surface area contributed by atoms with E-state index in [9.17, 15) is 18.4 Å². The number of nitrogens with two attached hydrogens (primary N) is 1. The van der Waals surface area contributed by atoms with E-state index in [4.69, 9.17) is 5.73 Å². The number of carbonyl (C=O) groups excluding carboxylic acids is 2. The first-order chi connectivity index (χ1) is 8.79. The summed E-state index contributed by atoms with van der Waals surface area (Å²) in [5, 5.41) is 2.31. The van der Waals surface area contributed by atoms with Gasteiger partial charge >= 0.3 is 0 Å². The van der Waals surface area contributed by atoms with Gasteiger partial charge in [0.25, 0.3) is 5.91 Å². The standard InChI is InChI=1S/C13H14F2N2O2/c1-7(2)3-11(12(16)18)17-13(19)8-4-9(14)6-10(15)5-8/h4-6,11H,1,3H2,2H3,(H2,16,18)(H,17,19)/t11-/m0/s1. The van der Waals surface area contributed by atoms with Gasteiger partial charge in [0.05, 0.1) is 0 Å². The number of hydrogen-bond acceptors (Lipinski definition) is 2. The van der Waals surface area contributed by atoms with Gasteiger partial charge in [-0.05, 0) is 25.5 Å². The van der Waals surface area contributed by atoms with E-state index in [-0.39, 0.29) is 12.0 Å². The monoisotopic (exact) mass is 268 g/mol. The maximum absolute atomic E-state index is 13.0. The molecule has 0 fully saturated rings. The van der Waals surface area contributed by atoms with Crippen LogP contribution in [0.3, 0.4) is 0 Å². The number of benzene rings is 1. The topological polar surface area (TPSA) is 72.2 Å². The Bertz CT molecular complexity index is 509. The molecule has 6 heteroatoms. The summed E-state index contributed by atoms with van der Waals surface area (Å²) >= 11 is 0. The van der Waals surface area contributed by atoms with Gasteiger partial charge in [0.2, 0.25) is 5.91 Å². The van der Waals surface area contributed by atoms with Gasteiger partial charge in [-0.2, -0.15) is 0 Å². The van der Waals surface area contributed by atoms with Crippen LogP contribution in [-0.4, -0.2) is 17.9 Å². The molecular formula is C13H14F2N2O2. The molecule has 1 aromatic carbocycles. The lowest BCUT2D eigenvalue weighted by atomic mass is 10.1. The van der Waals surface area contributed by atoms with Crippen LogP contribution < -0.4 is 11.1 Å². The first-order valence-electron chi connectivity index (χ1n) is 5.50. The molecule has 1 aromatic rings. The van der Waals surface area contributed by atoms with Crippen LogP contribution in [0, 0.1) is 11.6 Å². The lowest BCUT2D eigenvalue weighted by Crippen LogP contribution is -2.44. The number of rotatable bonds is 5. The van der Waals surface area contributed by atoms with Crippen molar-refractivity contribution in [2.24, 2.45) is 5.73 Å². The van der Waals surface area contributed by atoms with Gasteiger partial charge in [-0.1, -0.05) is 5.57 Å². The molecule has 0 aliphatic heterocycles. The van der Waals surface area contributed by atoms with Gasteiger partial charge in [0, 0.05) is 11.6 Å². The quantitative estimate of drug-likeness (QED) is 0.795. The molecule has 0 bridgehead atoms. The van der Waals surface area contributed by atoms with Crippen LogP contribution in [-0.2, 0) is 4.79 Å². The number of carbonyl (C=O) groups is 2. The Balaban J connectivity index is 2.87. The zero-order valence-corrected chi connectivity index (χ0v) is 10.4. The lowest BCUT2D eigenvalue weighted by molar-refractivity contribution is -0.119. The van der Waals surface area contributed by atoms with E-state index in [2.05, 4.69) is 11.9 Å². The highest BCUT2D eigenvalue weighted by atomic mass is 19.1. The van der Waals surface area contributed by atoms with E-state index < -0.39 is 29.5 Å².